The molecule has 124 valence electrons. The van der Waals surface area contributed by atoms with E-state index in [-0.39, 0.29) is 4.90 Å². The summed E-state index contributed by atoms with van der Waals surface area (Å²) < 4.78 is 36.0. The lowest BCUT2D eigenvalue weighted by atomic mass is 9.78. The molecule has 0 aromatic heterocycles. The van der Waals surface area contributed by atoms with Crippen molar-refractivity contribution in [2.24, 2.45) is 0 Å². The highest BCUT2D eigenvalue weighted by molar-refractivity contribution is 7.86. The van der Waals surface area contributed by atoms with Crippen LogP contribution in [-0.4, -0.2) is 13.0 Å². The summed E-state index contributed by atoms with van der Waals surface area (Å²) in [6.07, 6.45) is 0.648. The molecule has 0 N–H and O–H groups in total. The zero-order chi connectivity index (χ0) is 17.4. The Labute approximate surface area is 142 Å². The first-order valence-corrected chi connectivity index (χ1v) is 9.22. The van der Waals surface area contributed by atoms with Gasteiger partial charge in [-0.3, -0.25) is 0 Å². The molecule has 0 aliphatic heterocycles. The van der Waals surface area contributed by atoms with E-state index in [4.69, 9.17) is 0 Å². The molecule has 0 heterocycles. The van der Waals surface area contributed by atoms with Crippen LogP contribution in [0, 0.1) is 0 Å². The molecule has 3 aromatic rings. The fourth-order valence-electron chi connectivity index (χ4n) is 3.25. The third kappa shape index (κ3) is 3.21. The molecule has 0 saturated heterocycles. The average Bonchev–Trinajstić information content (AvgIpc) is 2.53. The summed E-state index contributed by atoms with van der Waals surface area (Å²) in [5.41, 5.74) is 1.18. The van der Waals surface area contributed by atoms with E-state index in [0.29, 0.717) is 17.4 Å². The molecule has 3 nitrogen and oxygen atoms in total. The Bertz CT molecular complexity index is 974. The Morgan fingerprint density at radius 2 is 1.50 bits per heavy atom. The predicted octanol–water partition coefficient (Wildman–Crippen LogP) is 4.26. The van der Waals surface area contributed by atoms with Crippen LogP contribution in [0.4, 0.5) is 0 Å². The summed E-state index contributed by atoms with van der Waals surface area (Å²) in [6.45, 7) is 3.94. The maximum atomic E-state index is 12.0. The number of hydrogen-bond acceptors (Lipinski definition) is 3. The van der Waals surface area contributed by atoms with Crippen molar-refractivity contribution in [3.05, 3.63) is 77.9 Å². The lowest BCUT2D eigenvalue weighted by Crippen LogP contribution is -2.24. The summed E-state index contributed by atoms with van der Waals surface area (Å²) in [5.74, 6) is 0. The quantitative estimate of drug-likeness (QED) is 0.667. The number of hydrogen-bond donors (Lipinski definition) is 0. The second-order valence-corrected chi connectivity index (χ2v) is 7.98. The van der Waals surface area contributed by atoms with Crippen LogP contribution in [0.3, 0.4) is 0 Å². The van der Waals surface area contributed by atoms with Crippen molar-refractivity contribution in [3.8, 4) is 0 Å². The highest BCUT2D eigenvalue weighted by Gasteiger charge is 2.27. The van der Waals surface area contributed by atoms with Crippen LogP contribution < -0.4 is 0 Å². The van der Waals surface area contributed by atoms with Gasteiger partial charge in [0.1, 0.15) is 10.1 Å². The first kappa shape index (κ1) is 16.7. The molecular formula is C20H19O3S-. The fourth-order valence-corrected chi connectivity index (χ4v) is 4.32. The van der Waals surface area contributed by atoms with Gasteiger partial charge in [0.25, 0.3) is 0 Å². The lowest BCUT2D eigenvalue weighted by molar-refractivity contribution is 0.454. The van der Waals surface area contributed by atoms with E-state index in [9.17, 15) is 13.0 Å². The van der Waals surface area contributed by atoms with Crippen molar-refractivity contribution >= 4 is 20.9 Å². The Morgan fingerprint density at radius 1 is 0.875 bits per heavy atom. The molecule has 0 aliphatic rings. The number of rotatable bonds is 4. The van der Waals surface area contributed by atoms with Crippen molar-refractivity contribution in [2.45, 2.75) is 30.6 Å². The van der Waals surface area contributed by atoms with E-state index in [1.807, 2.05) is 62.4 Å². The van der Waals surface area contributed by atoms with Gasteiger partial charge in [0.2, 0.25) is 0 Å². The Kier molecular flexibility index (Phi) is 4.20. The summed E-state index contributed by atoms with van der Waals surface area (Å²) in [5, 5.41) is 1.25. The second-order valence-electron chi connectivity index (χ2n) is 6.66. The van der Waals surface area contributed by atoms with Gasteiger partial charge < -0.3 is 4.55 Å². The van der Waals surface area contributed by atoms with E-state index in [0.717, 1.165) is 10.9 Å². The normalized spacial score (nSPS) is 12.5. The number of fused-ring (bicyclic) bond motifs is 1. The Hall–Kier alpha value is -2.17. The van der Waals surface area contributed by atoms with E-state index >= 15 is 0 Å². The van der Waals surface area contributed by atoms with Gasteiger partial charge in [-0.15, -0.1) is 0 Å². The van der Waals surface area contributed by atoms with Gasteiger partial charge in [0.15, 0.2) is 0 Å². The van der Waals surface area contributed by atoms with Gasteiger partial charge in [0.05, 0.1) is 4.90 Å². The Balaban J connectivity index is 2.22. The van der Waals surface area contributed by atoms with E-state index < -0.39 is 15.5 Å². The highest BCUT2D eigenvalue weighted by Crippen LogP contribution is 2.36. The first-order chi connectivity index (χ1) is 11.3. The molecule has 0 spiro atoms. The van der Waals surface area contributed by atoms with Crippen LogP contribution in [-0.2, 0) is 22.0 Å². The van der Waals surface area contributed by atoms with Crippen molar-refractivity contribution in [1.82, 2.24) is 0 Å². The van der Waals surface area contributed by atoms with Gasteiger partial charge in [-0.1, -0.05) is 80.6 Å². The van der Waals surface area contributed by atoms with Gasteiger partial charge in [-0.25, -0.2) is 8.42 Å². The van der Waals surface area contributed by atoms with Crippen molar-refractivity contribution in [1.29, 1.82) is 0 Å². The van der Waals surface area contributed by atoms with Gasteiger partial charge in [0, 0.05) is 0 Å². The largest absolute Gasteiger partial charge is 0.744 e. The minimum absolute atomic E-state index is 0.0958. The van der Waals surface area contributed by atoms with Crippen molar-refractivity contribution in [2.75, 3.05) is 0 Å². The third-order valence-corrected chi connectivity index (χ3v) is 5.29. The topological polar surface area (TPSA) is 57.2 Å². The molecule has 0 bridgehead atoms. The van der Waals surface area contributed by atoms with Crippen LogP contribution in [0.5, 0.6) is 0 Å². The summed E-state index contributed by atoms with van der Waals surface area (Å²) >= 11 is 0. The Morgan fingerprint density at radius 3 is 2.17 bits per heavy atom. The fraction of sp³-hybridized carbons (Fsp3) is 0.200. The highest BCUT2D eigenvalue weighted by atomic mass is 32.2. The number of benzene rings is 3. The predicted molar refractivity (Wildman–Crippen MR) is 95.1 cm³/mol. The standard InChI is InChI=1S/C20H20O3S/c1-20(2,14-15-8-4-3-5-9-15)18-13-12-16-10-6-7-11-17(16)19(18)24(21,22)23/h3-13H,14H2,1-2H3,(H,21,22,23)/p-1. The average molecular weight is 339 g/mol. The summed E-state index contributed by atoms with van der Waals surface area (Å²) in [7, 11) is -4.59. The SMILES string of the molecule is CC(C)(Cc1ccccc1)c1ccc2ccccc2c1S(=O)(=O)[O-]. The zero-order valence-electron chi connectivity index (χ0n) is 13.7. The van der Waals surface area contributed by atoms with Crippen LogP contribution in [0.2, 0.25) is 0 Å². The maximum absolute atomic E-state index is 12.0. The molecule has 24 heavy (non-hydrogen) atoms. The van der Waals surface area contributed by atoms with Crippen LogP contribution in [0.25, 0.3) is 10.8 Å². The van der Waals surface area contributed by atoms with Crippen LogP contribution in [0.1, 0.15) is 25.0 Å². The molecule has 0 amide bonds. The molecule has 3 aromatic carbocycles. The van der Waals surface area contributed by atoms with E-state index in [1.165, 1.54) is 0 Å². The minimum Gasteiger partial charge on any atom is -0.744 e. The lowest BCUT2D eigenvalue weighted by Gasteiger charge is -2.29. The van der Waals surface area contributed by atoms with E-state index in [1.54, 1.807) is 18.2 Å². The van der Waals surface area contributed by atoms with Gasteiger partial charge in [-0.05, 0) is 33.7 Å². The van der Waals surface area contributed by atoms with Crippen LogP contribution in [0.15, 0.2) is 71.6 Å². The molecule has 0 saturated carbocycles. The molecule has 0 aliphatic carbocycles. The molecule has 0 atom stereocenters. The molecule has 4 heteroatoms. The van der Waals surface area contributed by atoms with Crippen molar-refractivity contribution in [3.63, 3.8) is 0 Å². The van der Waals surface area contributed by atoms with Crippen molar-refractivity contribution < 1.29 is 13.0 Å². The third-order valence-electron chi connectivity index (χ3n) is 4.35. The maximum Gasteiger partial charge on any atom is 0.125 e. The molecule has 0 fully saturated rings. The van der Waals surface area contributed by atoms with Gasteiger partial charge in [-0.2, -0.15) is 0 Å². The first-order valence-electron chi connectivity index (χ1n) is 7.81. The molecule has 0 radical (unpaired) electrons. The minimum atomic E-state index is -4.59. The zero-order valence-corrected chi connectivity index (χ0v) is 14.5. The van der Waals surface area contributed by atoms with Crippen LogP contribution >= 0.6 is 0 Å². The summed E-state index contributed by atoms with van der Waals surface area (Å²) in [4.78, 5) is -0.0958. The van der Waals surface area contributed by atoms with Gasteiger partial charge >= 0.3 is 0 Å². The second kappa shape index (κ2) is 6.04. The molecular weight excluding hydrogens is 320 g/mol. The monoisotopic (exact) mass is 339 g/mol. The molecule has 0 unspecified atom stereocenters. The smallest absolute Gasteiger partial charge is 0.125 e. The van der Waals surface area contributed by atoms with E-state index in [2.05, 4.69) is 0 Å². The molecule has 3 rings (SSSR count). The summed E-state index contributed by atoms with van der Waals surface area (Å²) in [6, 6.07) is 20.6.